The topological polar surface area (TPSA) is 72.0 Å². The first-order valence-electron chi connectivity index (χ1n) is 10.2. The number of hydrogen-bond donors (Lipinski definition) is 1. The van der Waals surface area contributed by atoms with E-state index in [1.807, 2.05) is 13.8 Å². The van der Waals surface area contributed by atoms with E-state index in [-0.39, 0.29) is 23.5 Å². The van der Waals surface area contributed by atoms with Crippen LogP contribution in [0.1, 0.15) is 86.0 Å². The monoisotopic (exact) mass is 379 g/mol. The van der Waals surface area contributed by atoms with Gasteiger partial charge in [0.25, 0.3) is 0 Å². The third-order valence-electron chi connectivity index (χ3n) is 5.71. The van der Waals surface area contributed by atoms with Crippen molar-refractivity contribution in [2.75, 3.05) is 5.32 Å². The molecule has 1 heterocycles. The summed E-state index contributed by atoms with van der Waals surface area (Å²) < 4.78 is 0. The van der Waals surface area contributed by atoms with Gasteiger partial charge in [-0.15, -0.1) is 0 Å². The van der Waals surface area contributed by atoms with Crippen molar-refractivity contribution < 1.29 is 9.59 Å². The molecule has 1 aromatic heterocycles. The number of carbonyl (C=O) groups is 2. The summed E-state index contributed by atoms with van der Waals surface area (Å²) >= 11 is 0. The lowest BCUT2D eigenvalue weighted by atomic mass is 9.81. The Bertz CT molecular complexity index is 855. The molecule has 0 spiro atoms. The summed E-state index contributed by atoms with van der Waals surface area (Å²) in [5, 5.41) is 2.81. The molecule has 1 aromatic carbocycles. The SMILES string of the molecule is CCC(CC)C(=O)Nc1ncc2c(n1)C[C@H](c1ccc(C(C)C)cc1)CC2=O. The van der Waals surface area contributed by atoms with Crippen molar-refractivity contribution in [2.24, 2.45) is 5.92 Å². The lowest BCUT2D eigenvalue weighted by Gasteiger charge is -2.24. The molecule has 1 N–H and O–H groups in total. The molecule has 0 aliphatic heterocycles. The van der Waals surface area contributed by atoms with Gasteiger partial charge in [0, 0.05) is 18.5 Å². The molecular formula is C23H29N3O2. The molecular weight excluding hydrogens is 350 g/mol. The van der Waals surface area contributed by atoms with Crippen molar-refractivity contribution in [3.63, 3.8) is 0 Å². The molecule has 0 saturated carbocycles. The number of fused-ring (bicyclic) bond motifs is 1. The minimum atomic E-state index is -0.0621. The van der Waals surface area contributed by atoms with Gasteiger partial charge in [0.15, 0.2) is 5.78 Å². The van der Waals surface area contributed by atoms with Crippen LogP contribution in [0.5, 0.6) is 0 Å². The Morgan fingerprint density at radius 3 is 2.43 bits per heavy atom. The molecule has 0 radical (unpaired) electrons. The van der Waals surface area contributed by atoms with E-state index in [1.54, 1.807) is 6.20 Å². The number of carbonyl (C=O) groups excluding carboxylic acids is 2. The molecule has 0 bridgehead atoms. The fourth-order valence-corrected chi connectivity index (χ4v) is 3.77. The number of Topliss-reactive ketones (excluding diaryl/α,β-unsaturated/α-hetero) is 1. The normalized spacial score (nSPS) is 16.4. The van der Waals surface area contributed by atoms with Gasteiger partial charge in [-0.2, -0.15) is 0 Å². The summed E-state index contributed by atoms with van der Waals surface area (Å²) in [4.78, 5) is 33.6. The van der Waals surface area contributed by atoms with Crippen LogP contribution < -0.4 is 5.32 Å². The van der Waals surface area contributed by atoms with Gasteiger partial charge < -0.3 is 0 Å². The number of ketones is 1. The molecule has 2 aromatic rings. The van der Waals surface area contributed by atoms with Crippen LogP contribution in [0, 0.1) is 5.92 Å². The fraction of sp³-hybridized carbons (Fsp3) is 0.478. The largest absolute Gasteiger partial charge is 0.294 e. The van der Waals surface area contributed by atoms with E-state index in [9.17, 15) is 9.59 Å². The van der Waals surface area contributed by atoms with E-state index in [0.29, 0.717) is 30.3 Å². The molecule has 5 nitrogen and oxygen atoms in total. The van der Waals surface area contributed by atoms with Crippen molar-refractivity contribution in [1.82, 2.24) is 9.97 Å². The number of amides is 1. The van der Waals surface area contributed by atoms with Gasteiger partial charge in [0.2, 0.25) is 11.9 Å². The highest BCUT2D eigenvalue weighted by Crippen LogP contribution is 2.32. The first-order valence-corrected chi connectivity index (χ1v) is 10.2. The second kappa shape index (κ2) is 8.63. The zero-order valence-electron chi connectivity index (χ0n) is 17.2. The van der Waals surface area contributed by atoms with Crippen LogP contribution in [0.2, 0.25) is 0 Å². The average molecular weight is 380 g/mol. The minimum Gasteiger partial charge on any atom is -0.294 e. The average Bonchev–Trinajstić information content (AvgIpc) is 2.68. The standard InChI is InChI=1S/C23H29N3O2/c1-5-15(6-2)22(28)26-23-24-13-19-20(25-23)11-18(12-21(19)27)17-9-7-16(8-10-17)14(3)4/h7-10,13-15,18H,5-6,11-12H2,1-4H3,(H,24,25,26,28)/t18-/m0/s1. The summed E-state index contributed by atoms with van der Waals surface area (Å²) in [6.07, 6.45) is 4.26. The number of rotatable bonds is 6. The Morgan fingerprint density at radius 2 is 1.82 bits per heavy atom. The number of nitrogens with one attached hydrogen (secondary N) is 1. The van der Waals surface area contributed by atoms with Crippen molar-refractivity contribution in [2.45, 2.75) is 65.2 Å². The molecule has 0 saturated heterocycles. The molecule has 1 aliphatic carbocycles. The summed E-state index contributed by atoms with van der Waals surface area (Å²) in [5.74, 6) is 0.841. The highest BCUT2D eigenvalue weighted by Gasteiger charge is 2.28. The van der Waals surface area contributed by atoms with Crippen LogP contribution in [-0.4, -0.2) is 21.7 Å². The van der Waals surface area contributed by atoms with E-state index >= 15 is 0 Å². The number of aromatic nitrogens is 2. The predicted octanol–water partition coefficient (Wildman–Crippen LogP) is 4.89. The summed E-state index contributed by atoms with van der Waals surface area (Å²) in [6.45, 7) is 8.33. The van der Waals surface area contributed by atoms with Crippen LogP contribution >= 0.6 is 0 Å². The molecule has 1 atom stereocenters. The maximum absolute atomic E-state index is 12.6. The Kier molecular flexibility index (Phi) is 6.22. The van der Waals surface area contributed by atoms with Gasteiger partial charge in [0.05, 0.1) is 11.3 Å². The van der Waals surface area contributed by atoms with Crippen LogP contribution in [0.15, 0.2) is 30.5 Å². The van der Waals surface area contributed by atoms with Crippen molar-refractivity contribution >= 4 is 17.6 Å². The highest BCUT2D eigenvalue weighted by atomic mass is 16.2. The third-order valence-corrected chi connectivity index (χ3v) is 5.71. The number of hydrogen-bond acceptors (Lipinski definition) is 4. The van der Waals surface area contributed by atoms with Crippen molar-refractivity contribution in [3.05, 3.63) is 52.8 Å². The Morgan fingerprint density at radius 1 is 1.14 bits per heavy atom. The zero-order chi connectivity index (χ0) is 20.3. The molecule has 0 unspecified atom stereocenters. The number of nitrogens with zero attached hydrogens (tertiary/aromatic N) is 2. The fourth-order valence-electron chi connectivity index (χ4n) is 3.77. The molecule has 3 rings (SSSR count). The first kappa shape index (κ1) is 20.2. The van der Waals surface area contributed by atoms with Gasteiger partial charge in [-0.25, -0.2) is 9.97 Å². The third kappa shape index (κ3) is 4.29. The molecule has 5 heteroatoms. The Balaban J connectivity index is 1.80. The predicted molar refractivity (Wildman–Crippen MR) is 111 cm³/mol. The van der Waals surface area contributed by atoms with Gasteiger partial charge in [0.1, 0.15) is 0 Å². The first-order chi connectivity index (χ1) is 13.4. The van der Waals surface area contributed by atoms with E-state index < -0.39 is 0 Å². The number of benzene rings is 1. The Labute approximate surface area is 167 Å². The van der Waals surface area contributed by atoms with Crippen molar-refractivity contribution in [3.8, 4) is 0 Å². The lowest BCUT2D eigenvalue weighted by molar-refractivity contribution is -0.120. The molecule has 1 amide bonds. The van der Waals surface area contributed by atoms with Crippen LogP contribution in [0.4, 0.5) is 5.95 Å². The minimum absolute atomic E-state index is 0.0477. The lowest BCUT2D eigenvalue weighted by Crippen LogP contribution is -2.25. The summed E-state index contributed by atoms with van der Waals surface area (Å²) in [6, 6.07) is 8.52. The maximum atomic E-state index is 12.6. The van der Waals surface area contributed by atoms with E-state index in [1.165, 1.54) is 5.56 Å². The second-order valence-corrected chi connectivity index (χ2v) is 7.91. The summed E-state index contributed by atoms with van der Waals surface area (Å²) in [7, 11) is 0. The number of anilines is 1. The molecule has 1 aliphatic rings. The quantitative estimate of drug-likeness (QED) is 0.776. The molecule has 0 fully saturated rings. The van der Waals surface area contributed by atoms with Gasteiger partial charge in [-0.05, 0) is 42.2 Å². The van der Waals surface area contributed by atoms with E-state index in [2.05, 4.69) is 53.4 Å². The van der Waals surface area contributed by atoms with E-state index in [0.717, 1.165) is 24.1 Å². The maximum Gasteiger partial charge on any atom is 0.229 e. The van der Waals surface area contributed by atoms with Gasteiger partial charge in [-0.3, -0.25) is 14.9 Å². The molecule has 148 valence electrons. The van der Waals surface area contributed by atoms with Crippen LogP contribution in [0.3, 0.4) is 0 Å². The Hall–Kier alpha value is -2.56. The summed E-state index contributed by atoms with van der Waals surface area (Å²) in [5.41, 5.74) is 3.75. The highest BCUT2D eigenvalue weighted by molar-refractivity contribution is 5.99. The van der Waals surface area contributed by atoms with Gasteiger partial charge >= 0.3 is 0 Å². The van der Waals surface area contributed by atoms with Crippen molar-refractivity contribution in [1.29, 1.82) is 0 Å². The van der Waals surface area contributed by atoms with Crippen LogP contribution in [0.25, 0.3) is 0 Å². The smallest absolute Gasteiger partial charge is 0.229 e. The second-order valence-electron chi connectivity index (χ2n) is 7.91. The molecule has 28 heavy (non-hydrogen) atoms. The van der Waals surface area contributed by atoms with Gasteiger partial charge in [-0.1, -0.05) is 52.0 Å². The zero-order valence-corrected chi connectivity index (χ0v) is 17.2. The van der Waals surface area contributed by atoms with Crippen LogP contribution in [-0.2, 0) is 11.2 Å². The van der Waals surface area contributed by atoms with E-state index in [4.69, 9.17) is 0 Å².